The van der Waals surface area contributed by atoms with Crippen LogP contribution in [0.2, 0.25) is 0 Å². The molecule has 11 heterocycles. The lowest BCUT2D eigenvalue weighted by Gasteiger charge is -2.31. The van der Waals surface area contributed by atoms with Crippen LogP contribution in [0.15, 0.2) is 189 Å². The molecule has 11 aromatic rings. The van der Waals surface area contributed by atoms with Crippen LogP contribution in [-0.4, -0.2) is 158 Å². The number of carbonyl (C=O) groups excluding carboxylic acids is 4. The Labute approximate surface area is 630 Å². The largest absolute Gasteiger partial charge is 0.489 e. The van der Waals surface area contributed by atoms with Crippen molar-refractivity contribution in [1.29, 1.82) is 0 Å². The first-order valence-corrected chi connectivity index (χ1v) is 39.4. The average Bonchev–Trinajstić information content (AvgIpc) is 1.64. The number of likely N-dealkylation sites (tertiary alicyclic amines) is 1. The van der Waals surface area contributed by atoms with Crippen LogP contribution in [-0.2, 0) is 55.3 Å². The van der Waals surface area contributed by atoms with Crippen LogP contribution in [0, 0.1) is 5.82 Å². The van der Waals surface area contributed by atoms with Gasteiger partial charge in [-0.1, -0.05) is 85.0 Å². The molecule has 1 aliphatic carbocycles. The number of carbonyl (C=O) groups is 4. The lowest BCUT2D eigenvalue weighted by atomic mass is 9.89. The van der Waals surface area contributed by atoms with E-state index in [4.69, 9.17) is 9.47 Å². The topological polar surface area (TPSA) is 229 Å². The maximum absolute atomic E-state index is 13.4. The number of hydrogen-bond donors (Lipinski definition) is 5. The summed E-state index contributed by atoms with van der Waals surface area (Å²) in [5, 5.41) is 3.33. The number of piperidine rings is 1. The zero-order valence-corrected chi connectivity index (χ0v) is 63.1. The first kappa shape index (κ1) is 75.2. The number of H-pyrrole nitrogens is 5. The molecular weight excluding hydrogens is 1380 g/mol. The van der Waals surface area contributed by atoms with Crippen molar-refractivity contribution < 1.29 is 41.5 Å². The number of fused-ring (bicyclic) bond motifs is 5. The number of rotatable bonds is 12. The molecule has 0 bridgehead atoms. The van der Waals surface area contributed by atoms with Gasteiger partial charge in [0.25, 0.3) is 0 Å². The molecule has 1 fully saturated rings. The minimum atomic E-state index is -3.05. The van der Waals surface area contributed by atoms with Crippen LogP contribution in [0.5, 0.6) is 11.5 Å². The fourth-order valence-corrected chi connectivity index (χ4v) is 16.0. The number of ether oxygens (including phenoxy) is 2. The Hall–Kier alpha value is -11.0. The molecule has 5 aromatic carbocycles. The van der Waals surface area contributed by atoms with E-state index in [0.29, 0.717) is 51.9 Å². The minimum absolute atomic E-state index is 0.135. The summed E-state index contributed by atoms with van der Waals surface area (Å²) in [7, 11) is -3.05. The van der Waals surface area contributed by atoms with Crippen molar-refractivity contribution in [2.45, 2.75) is 111 Å². The molecule has 560 valence electrons. The van der Waals surface area contributed by atoms with Gasteiger partial charge in [0, 0.05) is 191 Å². The molecule has 0 unspecified atom stereocenters. The summed E-state index contributed by atoms with van der Waals surface area (Å²) in [6.45, 7) is 14.7. The highest BCUT2D eigenvalue weighted by molar-refractivity contribution is 7.88. The lowest BCUT2D eigenvalue weighted by Crippen LogP contribution is -2.36. The summed E-state index contributed by atoms with van der Waals surface area (Å²) in [4.78, 5) is 74.0. The molecule has 4 amide bonds. The van der Waals surface area contributed by atoms with Gasteiger partial charge in [0.1, 0.15) is 30.5 Å². The maximum Gasteiger partial charge on any atom is 0.219 e. The van der Waals surface area contributed by atoms with E-state index >= 15 is 0 Å². The molecule has 1 saturated heterocycles. The number of halogens is 1. The fraction of sp³-hybridized carbons (Fsp3) is 0.322. The third-order valence-electron chi connectivity index (χ3n) is 21.5. The van der Waals surface area contributed by atoms with Gasteiger partial charge >= 0.3 is 0 Å². The van der Waals surface area contributed by atoms with Crippen LogP contribution >= 0.6 is 0 Å². The summed E-state index contributed by atoms with van der Waals surface area (Å²) in [6, 6.07) is 41.5. The van der Waals surface area contributed by atoms with Gasteiger partial charge in [0.05, 0.1) is 17.3 Å². The Morgan fingerprint density at radius 1 is 0.463 bits per heavy atom. The number of aryl methyl sites for hydroxylation is 1. The molecule has 6 aliphatic rings. The first-order valence-electron chi connectivity index (χ1n) is 37.6. The van der Waals surface area contributed by atoms with Crippen LogP contribution < -0.4 is 9.47 Å². The zero-order valence-electron chi connectivity index (χ0n) is 62.3. The summed E-state index contributed by atoms with van der Waals surface area (Å²) in [6.07, 6.45) is 32.0. The number of amides is 4. The number of pyridine rings is 1. The van der Waals surface area contributed by atoms with E-state index in [0.717, 1.165) is 151 Å². The van der Waals surface area contributed by atoms with Crippen LogP contribution in [0.4, 0.5) is 4.39 Å². The van der Waals surface area contributed by atoms with E-state index < -0.39 is 10.0 Å². The van der Waals surface area contributed by atoms with E-state index in [1.54, 1.807) is 39.8 Å². The van der Waals surface area contributed by atoms with Crippen molar-refractivity contribution in [1.82, 2.24) is 53.8 Å². The van der Waals surface area contributed by atoms with Crippen molar-refractivity contribution in [2.24, 2.45) is 0 Å². The Morgan fingerprint density at radius 2 is 0.963 bits per heavy atom. The van der Waals surface area contributed by atoms with Crippen molar-refractivity contribution in [3.63, 3.8) is 0 Å². The highest BCUT2D eigenvalue weighted by atomic mass is 32.2. The molecule has 17 rings (SSSR count). The SMILES string of the molecule is CC(=O)N1CC=C(c2c[nH]c3cc(OCc4ccccc4)ccc23)CC1.CC(=O)N1CC=C(c2c[nH]c3ccc(OCc4ccccc4)cc23)CC1.CC(=O)N1CC=C(c2c[nH]c3cccnc23)CC1.CC(=O)N1CCC(c2c[nH]c3ccc(F)cc23)CC1.CS(=O)(=O)N1CC=C(c2c[nH]c3c2CCCC3)CC1. The van der Waals surface area contributed by atoms with Gasteiger partial charge in [-0.25, -0.2) is 12.8 Å². The number of sulfonamides is 1. The van der Waals surface area contributed by atoms with E-state index in [2.05, 4.69) is 115 Å². The van der Waals surface area contributed by atoms with Gasteiger partial charge in [0.2, 0.25) is 33.7 Å². The summed E-state index contributed by atoms with van der Waals surface area (Å²) in [5.41, 5.74) is 21.6. The Bertz CT molecular complexity index is 5270. The second-order valence-corrected chi connectivity index (χ2v) is 30.5. The molecule has 5 aliphatic heterocycles. The third kappa shape index (κ3) is 18.5. The summed E-state index contributed by atoms with van der Waals surface area (Å²) < 4.78 is 49.8. The number of benzene rings is 5. The quantitative estimate of drug-likeness (QED) is 0.0782. The number of aromatic nitrogens is 6. The third-order valence-corrected chi connectivity index (χ3v) is 22.7. The highest BCUT2D eigenvalue weighted by Crippen LogP contribution is 2.37. The molecule has 0 saturated carbocycles. The molecule has 0 radical (unpaired) electrons. The number of hydrogen-bond acceptors (Lipinski definition) is 9. The average molecular weight is 1470 g/mol. The lowest BCUT2D eigenvalue weighted by molar-refractivity contribution is -0.130. The molecule has 0 atom stereocenters. The minimum Gasteiger partial charge on any atom is -0.489 e. The van der Waals surface area contributed by atoms with E-state index in [1.807, 2.05) is 105 Å². The van der Waals surface area contributed by atoms with E-state index in [-0.39, 0.29) is 29.4 Å². The Balaban J connectivity index is 0.000000120. The van der Waals surface area contributed by atoms with Crippen LogP contribution in [0.3, 0.4) is 0 Å². The van der Waals surface area contributed by atoms with Gasteiger partial charge in [-0.3, -0.25) is 24.2 Å². The van der Waals surface area contributed by atoms with Gasteiger partial charge in [-0.15, -0.1) is 0 Å². The predicted molar refractivity (Wildman–Crippen MR) is 428 cm³/mol. The monoisotopic (exact) mass is 1470 g/mol. The van der Waals surface area contributed by atoms with Gasteiger partial charge in [-0.2, -0.15) is 4.31 Å². The molecule has 19 nitrogen and oxygen atoms in total. The molecule has 21 heteroatoms. The van der Waals surface area contributed by atoms with Crippen molar-refractivity contribution in [3.05, 3.63) is 245 Å². The predicted octanol–water partition coefficient (Wildman–Crippen LogP) is 15.9. The zero-order chi connectivity index (χ0) is 75.3. The molecular formula is C87H96FN11O8S. The summed E-state index contributed by atoms with van der Waals surface area (Å²) in [5.74, 6) is 2.49. The normalized spacial score (nSPS) is 16.2. The summed E-state index contributed by atoms with van der Waals surface area (Å²) >= 11 is 0. The number of nitrogens with zero attached hydrogens (tertiary/aromatic N) is 6. The van der Waals surface area contributed by atoms with Crippen LogP contribution in [0.25, 0.3) is 66.0 Å². The standard InChI is InChI=1S/2C22H22N2O2.C15H17FN2O.C14H15N3O.C14H20N2O2S/c1-16(25)24-11-9-18(10-12-24)21-14-23-22-8-7-19(13-20(21)22)26-15-17-5-3-2-4-6-17;1-16(25)24-11-9-18(10-12-24)21-14-23-22-13-19(7-8-20(21)22)26-15-17-5-3-2-4-6-17;1-10(19)18-6-4-11(5-7-18)14-9-17-15-3-2-12(16)8-13(14)15;1-10(18)17-7-4-11(5-8-17)12-9-16-13-3-2-6-15-14(12)13;1-19(17,18)16-8-6-11(7-9-16)13-10-15-14-5-3-2-4-12(13)14/h2*2-9,13-14,23H,10-12,15H2,1H3;2-3,8-9,11,17H,4-7H2,1H3;2-4,6,9,16H,5,7-8H2,1H3;6,10,15H,2-5,7-9H2,1H3. The van der Waals surface area contributed by atoms with Gasteiger partial charge < -0.3 is 54.0 Å². The smallest absolute Gasteiger partial charge is 0.219 e. The van der Waals surface area contributed by atoms with E-state index in [1.165, 1.54) is 90.7 Å². The van der Waals surface area contributed by atoms with Crippen molar-refractivity contribution in [2.75, 3.05) is 71.7 Å². The van der Waals surface area contributed by atoms with Crippen LogP contribution in [0.1, 0.15) is 135 Å². The van der Waals surface area contributed by atoms with Gasteiger partial charge in [0.15, 0.2) is 0 Å². The molecule has 5 N–H and O–H groups in total. The first-order chi connectivity index (χ1) is 52.4. The second kappa shape index (κ2) is 34.7. The fourth-order valence-electron chi connectivity index (χ4n) is 15.2. The highest BCUT2D eigenvalue weighted by Gasteiger charge is 2.27. The number of aromatic amines is 5. The van der Waals surface area contributed by atoms with Crippen molar-refractivity contribution >= 4 is 99.7 Å². The molecule has 0 spiro atoms. The number of nitrogens with one attached hydrogen (secondary N) is 5. The Kier molecular flexibility index (Phi) is 24.2. The maximum atomic E-state index is 13.4. The van der Waals surface area contributed by atoms with E-state index in [9.17, 15) is 32.0 Å². The molecule has 108 heavy (non-hydrogen) atoms. The van der Waals surface area contributed by atoms with Gasteiger partial charge in [-0.05, 0) is 181 Å². The molecule has 6 aromatic heterocycles. The second-order valence-electron chi connectivity index (χ2n) is 28.5. The Morgan fingerprint density at radius 3 is 1.55 bits per heavy atom. The van der Waals surface area contributed by atoms with Crippen molar-refractivity contribution in [3.8, 4) is 11.5 Å².